The van der Waals surface area contributed by atoms with Crippen LogP contribution in [0.25, 0.3) is 89.2 Å². The second-order valence-corrected chi connectivity index (χ2v) is 17.2. The van der Waals surface area contributed by atoms with Gasteiger partial charge in [-0.05, 0) is 116 Å². The molecule has 7 aromatic carbocycles. The maximum absolute atomic E-state index is 6.50. The second kappa shape index (κ2) is 12.5. The van der Waals surface area contributed by atoms with E-state index in [9.17, 15) is 0 Å². The Bertz CT molecular complexity index is 3130. The molecule has 0 radical (unpaired) electrons. The average molecular weight is 747 g/mol. The topological polar surface area (TPSA) is 38.9 Å². The van der Waals surface area contributed by atoms with Crippen LogP contribution in [0.15, 0.2) is 162 Å². The van der Waals surface area contributed by atoms with Crippen LogP contribution >= 0.6 is 0 Å². The van der Waals surface area contributed by atoms with Crippen molar-refractivity contribution in [3.05, 3.63) is 180 Å². The molecule has 0 saturated heterocycles. The van der Waals surface area contributed by atoms with Gasteiger partial charge in [-0.2, -0.15) is 0 Å². The Morgan fingerprint density at radius 2 is 1.10 bits per heavy atom. The van der Waals surface area contributed by atoms with E-state index in [2.05, 4.69) is 135 Å². The van der Waals surface area contributed by atoms with Crippen molar-refractivity contribution in [1.82, 2.24) is 9.97 Å². The maximum atomic E-state index is 6.50. The molecule has 0 amide bonds. The predicted molar refractivity (Wildman–Crippen MR) is 238 cm³/mol. The normalized spacial score (nSPS) is 15.7. The zero-order valence-electron chi connectivity index (χ0n) is 32.8. The highest BCUT2D eigenvalue weighted by Crippen LogP contribution is 2.61. The lowest BCUT2D eigenvalue weighted by molar-refractivity contribution is 0.353. The smallest absolute Gasteiger partial charge is 0.180 e. The number of fused-ring (bicyclic) bond motifs is 11. The molecule has 3 aliphatic carbocycles. The minimum atomic E-state index is -0.0528. The summed E-state index contributed by atoms with van der Waals surface area (Å²) in [5, 5.41) is 0.993. The molecule has 0 bridgehead atoms. The fourth-order valence-corrected chi connectivity index (χ4v) is 10.9. The Labute approximate surface area is 339 Å². The van der Waals surface area contributed by atoms with E-state index in [-0.39, 0.29) is 10.8 Å². The molecule has 3 heteroatoms. The maximum Gasteiger partial charge on any atom is 0.180 e. The molecule has 278 valence electrons. The van der Waals surface area contributed by atoms with Gasteiger partial charge in [0, 0.05) is 27.3 Å². The highest BCUT2D eigenvalue weighted by atomic mass is 16.3. The van der Waals surface area contributed by atoms with Crippen molar-refractivity contribution in [1.29, 1.82) is 0 Å². The van der Waals surface area contributed by atoms with Gasteiger partial charge in [-0.3, -0.25) is 0 Å². The number of nitrogens with zero attached hydrogens (tertiary/aromatic N) is 2. The van der Waals surface area contributed by atoms with Gasteiger partial charge in [0.1, 0.15) is 16.8 Å². The zero-order valence-corrected chi connectivity index (χ0v) is 32.8. The van der Waals surface area contributed by atoms with Gasteiger partial charge in [0.15, 0.2) is 11.4 Å². The molecule has 1 saturated carbocycles. The molecule has 2 aromatic heterocycles. The van der Waals surface area contributed by atoms with Gasteiger partial charge in [0.25, 0.3) is 0 Å². The van der Waals surface area contributed by atoms with Crippen molar-refractivity contribution in [3.8, 4) is 67.2 Å². The molecule has 2 heterocycles. The molecule has 1 fully saturated rings. The zero-order chi connectivity index (χ0) is 38.6. The quantitative estimate of drug-likeness (QED) is 0.180. The van der Waals surface area contributed by atoms with E-state index in [4.69, 9.17) is 14.4 Å². The Balaban J connectivity index is 1.01. The van der Waals surface area contributed by atoms with Crippen LogP contribution < -0.4 is 0 Å². The summed E-state index contributed by atoms with van der Waals surface area (Å²) >= 11 is 0. The SMILES string of the molecule is CC1(C)c2ccccc2-c2cc3c(cc21)-c1c(-c2cccc(-c4cccc(-c5nc(-c6ccccc6)nc6c5oc5ccccc56)c4)c2)cccc1C31CCCCC1. The first-order valence-electron chi connectivity index (χ1n) is 20.9. The number of hydrogen-bond donors (Lipinski definition) is 0. The lowest BCUT2D eigenvalue weighted by atomic mass is 9.67. The standard InChI is InChI=1S/C55H42N2O/c1-54(2)44-25-9-7-22-40(44)42-32-47-43(33-46(42)54)49-39(24-15-26-45(49)55(47)28-11-4-12-29-55)37-20-13-18-35(30-37)36-19-14-21-38(31-36)50-52-51(41-23-8-10-27-48(41)58-52)57-53(56-50)34-16-5-3-6-17-34/h3,5-10,13-27,30-33H,4,11-12,28-29H2,1-2H3. The molecular formula is C55H42N2O. The van der Waals surface area contributed by atoms with Gasteiger partial charge in [-0.15, -0.1) is 0 Å². The van der Waals surface area contributed by atoms with E-state index in [0.717, 1.165) is 38.9 Å². The van der Waals surface area contributed by atoms with Crippen molar-refractivity contribution in [2.45, 2.75) is 56.8 Å². The van der Waals surface area contributed by atoms with Crippen molar-refractivity contribution in [2.24, 2.45) is 0 Å². The number of rotatable bonds is 4. The number of para-hydroxylation sites is 1. The van der Waals surface area contributed by atoms with E-state index >= 15 is 0 Å². The fourth-order valence-electron chi connectivity index (χ4n) is 10.9. The van der Waals surface area contributed by atoms with Crippen LogP contribution in [-0.4, -0.2) is 9.97 Å². The summed E-state index contributed by atoms with van der Waals surface area (Å²) in [6.07, 6.45) is 6.28. The van der Waals surface area contributed by atoms with Gasteiger partial charge < -0.3 is 4.42 Å². The van der Waals surface area contributed by atoms with Crippen LogP contribution in [0, 0.1) is 0 Å². The lowest BCUT2D eigenvalue weighted by Gasteiger charge is -2.36. The molecule has 0 N–H and O–H groups in total. The monoisotopic (exact) mass is 746 g/mol. The number of benzene rings is 7. The third-order valence-electron chi connectivity index (χ3n) is 13.7. The lowest BCUT2D eigenvalue weighted by Crippen LogP contribution is -2.28. The van der Waals surface area contributed by atoms with Gasteiger partial charge in [-0.1, -0.05) is 154 Å². The molecule has 58 heavy (non-hydrogen) atoms. The van der Waals surface area contributed by atoms with Crippen molar-refractivity contribution in [2.75, 3.05) is 0 Å². The highest BCUT2D eigenvalue weighted by molar-refractivity contribution is 6.07. The van der Waals surface area contributed by atoms with Crippen LogP contribution in [0.3, 0.4) is 0 Å². The van der Waals surface area contributed by atoms with Gasteiger partial charge in [-0.25, -0.2) is 9.97 Å². The van der Waals surface area contributed by atoms with Gasteiger partial charge >= 0.3 is 0 Å². The second-order valence-electron chi connectivity index (χ2n) is 17.2. The van der Waals surface area contributed by atoms with Crippen molar-refractivity contribution in [3.63, 3.8) is 0 Å². The minimum absolute atomic E-state index is 0.0528. The third-order valence-corrected chi connectivity index (χ3v) is 13.7. The van der Waals surface area contributed by atoms with Gasteiger partial charge in [0.2, 0.25) is 0 Å². The fraction of sp³-hybridized carbons (Fsp3) is 0.164. The molecule has 3 nitrogen and oxygen atoms in total. The first-order chi connectivity index (χ1) is 28.5. The first kappa shape index (κ1) is 33.5. The summed E-state index contributed by atoms with van der Waals surface area (Å²) in [7, 11) is 0. The summed E-state index contributed by atoms with van der Waals surface area (Å²) in [6, 6.07) is 57.7. The molecule has 3 aliphatic rings. The van der Waals surface area contributed by atoms with E-state index in [1.807, 2.05) is 36.4 Å². The summed E-state index contributed by atoms with van der Waals surface area (Å²) in [5.74, 6) is 0.689. The largest absolute Gasteiger partial charge is 0.452 e. The van der Waals surface area contributed by atoms with Crippen LogP contribution in [0.2, 0.25) is 0 Å². The number of aromatic nitrogens is 2. The molecule has 0 unspecified atom stereocenters. The van der Waals surface area contributed by atoms with E-state index < -0.39 is 0 Å². The Kier molecular flexibility index (Phi) is 7.21. The molecule has 12 rings (SSSR count). The van der Waals surface area contributed by atoms with E-state index in [1.54, 1.807) is 5.56 Å². The first-order valence-corrected chi connectivity index (χ1v) is 20.9. The van der Waals surface area contributed by atoms with Crippen LogP contribution in [-0.2, 0) is 10.8 Å². The third kappa shape index (κ3) is 4.80. The van der Waals surface area contributed by atoms with Crippen LogP contribution in [0.5, 0.6) is 0 Å². The summed E-state index contributed by atoms with van der Waals surface area (Å²) < 4.78 is 6.50. The number of furan rings is 1. The van der Waals surface area contributed by atoms with Crippen molar-refractivity contribution < 1.29 is 4.42 Å². The molecule has 1 spiro atoms. The predicted octanol–water partition coefficient (Wildman–Crippen LogP) is 14.6. The minimum Gasteiger partial charge on any atom is -0.452 e. The summed E-state index contributed by atoms with van der Waals surface area (Å²) in [4.78, 5) is 10.2. The Morgan fingerprint density at radius 1 is 0.466 bits per heavy atom. The molecule has 0 aliphatic heterocycles. The average Bonchev–Trinajstić information content (AvgIpc) is 3.86. The molecular weight excluding hydrogens is 705 g/mol. The summed E-state index contributed by atoms with van der Waals surface area (Å²) in [6.45, 7) is 4.81. The van der Waals surface area contributed by atoms with E-state index in [1.165, 1.54) is 87.7 Å². The highest BCUT2D eigenvalue weighted by Gasteiger charge is 2.47. The van der Waals surface area contributed by atoms with Crippen molar-refractivity contribution >= 4 is 22.1 Å². The molecule has 9 aromatic rings. The Morgan fingerprint density at radius 3 is 1.95 bits per heavy atom. The van der Waals surface area contributed by atoms with Gasteiger partial charge in [0.05, 0.1) is 0 Å². The molecule has 0 atom stereocenters. The van der Waals surface area contributed by atoms with Crippen LogP contribution in [0.1, 0.15) is 68.2 Å². The number of hydrogen-bond acceptors (Lipinski definition) is 3. The Hall–Kier alpha value is -6.58. The summed E-state index contributed by atoms with van der Waals surface area (Å²) in [5.41, 5.74) is 21.7. The van der Waals surface area contributed by atoms with E-state index in [0.29, 0.717) is 11.4 Å². The van der Waals surface area contributed by atoms with Crippen LogP contribution in [0.4, 0.5) is 0 Å².